The zero-order valence-corrected chi connectivity index (χ0v) is 6.80. The Bertz CT molecular complexity index is 240. The van der Waals surface area contributed by atoms with Crippen LogP contribution in [0, 0.1) is 0 Å². The zero-order chi connectivity index (χ0) is 8.48. The van der Waals surface area contributed by atoms with E-state index in [0.29, 0.717) is 12.1 Å². The van der Waals surface area contributed by atoms with E-state index in [2.05, 4.69) is 4.98 Å². The first kappa shape index (κ1) is 8.61. The van der Waals surface area contributed by atoms with E-state index < -0.39 is 5.97 Å². The molecule has 4 nitrogen and oxygen atoms in total. The van der Waals surface area contributed by atoms with E-state index in [0.717, 1.165) is 11.3 Å². The van der Waals surface area contributed by atoms with Gasteiger partial charge in [-0.2, -0.15) is 0 Å². The van der Waals surface area contributed by atoms with E-state index in [1.54, 1.807) is 0 Å². The van der Waals surface area contributed by atoms with Crippen molar-refractivity contribution < 1.29 is 15.3 Å². The van der Waals surface area contributed by atoms with Gasteiger partial charge in [0.25, 0.3) is 0 Å². The Morgan fingerprint density at radius 2 is 2.18 bits per heavy atom. The summed E-state index contributed by atoms with van der Waals surface area (Å²) in [7, 11) is 0. The number of thiazole rings is 1. The number of hydrogen-bond acceptors (Lipinski definition) is 5. The number of rotatable bonds is 2. The SMILES string of the molecule is CCc1ncsc1C(O)(O)O. The van der Waals surface area contributed by atoms with Gasteiger partial charge >= 0.3 is 5.97 Å². The minimum absolute atomic E-state index is 0.0972. The van der Waals surface area contributed by atoms with Crippen LogP contribution in [0.1, 0.15) is 17.5 Å². The molecule has 0 bridgehead atoms. The summed E-state index contributed by atoms with van der Waals surface area (Å²) in [5, 5.41) is 26.3. The van der Waals surface area contributed by atoms with Crippen LogP contribution in [0.25, 0.3) is 0 Å². The molecule has 1 aromatic rings. The van der Waals surface area contributed by atoms with Crippen molar-refractivity contribution in [3.8, 4) is 0 Å². The predicted octanol–water partition coefficient (Wildman–Crippen LogP) is -0.207. The van der Waals surface area contributed by atoms with Crippen LogP contribution in [0.15, 0.2) is 5.51 Å². The molecule has 0 aliphatic rings. The summed E-state index contributed by atoms with van der Waals surface area (Å²) in [6, 6.07) is 0. The topological polar surface area (TPSA) is 73.6 Å². The van der Waals surface area contributed by atoms with Gasteiger partial charge in [-0.3, -0.25) is 0 Å². The Morgan fingerprint density at radius 3 is 2.55 bits per heavy atom. The fourth-order valence-electron chi connectivity index (χ4n) is 0.794. The van der Waals surface area contributed by atoms with E-state index in [1.807, 2.05) is 6.92 Å². The largest absolute Gasteiger partial charge is 0.339 e. The van der Waals surface area contributed by atoms with Gasteiger partial charge in [0, 0.05) is 0 Å². The molecule has 0 aromatic carbocycles. The summed E-state index contributed by atoms with van der Waals surface area (Å²) in [5.74, 6) is -2.73. The molecule has 0 spiro atoms. The maximum Gasteiger partial charge on any atom is 0.316 e. The molecule has 1 aromatic heterocycles. The first-order valence-corrected chi connectivity index (χ1v) is 4.03. The maximum atomic E-state index is 8.77. The highest BCUT2D eigenvalue weighted by molar-refractivity contribution is 7.09. The lowest BCUT2D eigenvalue weighted by molar-refractivity contribution is -0.321. The van der Waals surface area contributed by atoms with Gasteiger partial charge < -0.3 is 15.3 Å². The van der Waals surface area contributed by atoms with Crippen LogP contribution >= 0.6 is 11.3 Å². The number of hydrogen-bond donors (Lipinski definition) is 3. The van der Waals surface area contributed by atoms with Crippen LogP contribution in [0.4, 0.5) is 0 Å². The molecular weight excluding hydrogens is 166 g/mol. The lowest BCUT2D eigenvalue weighted by Crippen LogP contribution is -2.23. The fourth-order valence-corrected chi connectivity index (χ4v) is 1.57. The number of aliphatic hydroxyl groups is 3. The summed E-state index contributed by atoms with van der Waals surface area (Å²) in [5.41, 5.74) is 1.98. The monoisotopic (exact) mass is 175 g/mol. The van der Waals surface area contributed by atoms with Crippen molar-refractivity contribution in [2.45, 2.75) is 19.3 Å². The van der Waals surface area contributed by atoms with Crippen LogP contribution < -0.4 is 0 Å². The average molecular weight is 175 g/mol. The molecule has 0 saturated carbocycles. The van der Waals surface area contributed by atoms with E-state index in [4.69, 9.17) is 15.3 Å². The summed E-state index contributed by atoms with van der Waals surface area (Å²) >= 11 is 1.02. The molecule has 1 rings (SSSR count). The number of nitrogens with zero attached hydrogens (tertiary/aromatic N) is 1. The van der Waals surface area contributed by atoms with Crippen molar-refractivity contribution in [1.29, 1.82) is 0 Å². The second kappa shape index (κ2) is 2.86. The van der Waals surface area contributed by atoms with Crippen molar-refractivity contribution in [3.63, 3.8) is 0 Å². The third-order valence-electron chi connectivity index (χ3n) is 1.28. The third kappa shape index (κ3) is 1.75. The summed E-state index contributed by atoms with van der Waals surface area (Å²) in [6.07, 6.45) is 0.572. The molecule has 0 radical (unpaired) electrons. The molecule has 0 aliphatic carbocycles. The van der Waals surface area contributed by atoms with Crippen LogP contribution in [-0.2, 0) is 12.4 Å². The Balaban J connectivity index is 3.02. The lowest BCUT2D eigenvalue weighted by Gasteiger charge is -2.12. The van der Waals surface area contributed by atoms with Gasteiger partial charge in [-0.15, -0.1) is 11.3 Å². The molecule has 0 atom stereocenters. The van der Waals surface area contributed by atoms with Gasteiger partial charge in [0.15, 0.2) is 0 Å². The molecule has 3 N–H and O–H groups in total. The first-order chi connectivity index (χ1) is 5.05. The third-order valence-corrected chi connectivity index (χ3v) is 2.24. The molecule has 0 fully saturated rings. The minimum Gasteiger partial charge on any atom is -0.339 e. The van der Waals surface area contributed by atoms with Gasteiger partial charge in [-0.05, 0) is 6.42 Å². The Morgan fingerprint density at radius 1 is 1.55 bits per heavy atom. The van der Waals surface area contributed by atoms with Crippen LogP contribution in [0.2, 0.25) is 0 Å². The van der Waals surface area contributed by atoms with E-state index in [9.17, 15) is 0 Å². The van der Waals surface area contributed by atoms with Crippen molar-refractivity contribution in [1.82, 2.24) is 4.98 Å². The van der Waals surface area contributed by atoms with Crippen LogP contribution in [0.5, 0.6) is 0 Å². The quantitative estimate of drug-likeness (QED) is 0.544. The number of aromatic nitrogens is 1. The smallest absolute Gasteiger partial charge is 0.316 e. The molecule has 5 heteroatoms. The minimum atomic E-state index is -2.73. The van der Waals surface area contributed by atoms with Gasteiger partial charge in [-0.25, -0.2) is 4.98 Å². The van der Waals surface area contributed by atoms with Gasteiger partial charge in [0.05, 0.1) is 11.2 Å². The molecule has 0 amide bonds. The molecule has 62 valence electrons. The Hall–Kier alpha value is -0.490. The van der Waals surface area contributed by atoms with Crippen molar-refractivity contribution >= 4 is 11.3 Å². The highest BCUT2D eigenvalue weighted by atomic mass is 32.1. The Kier molecular flexibility index (Phi) is 2.24. The average Bonchev–Trinajstić information content (AvgIpc) is 2.31. The standard InChI is InChI=1S/C6H9NO3S/c1-2-4-5(6(8,9)10)11-3-7-4/h3,8-10H,2H2,1H3. The highest BCUT2D eigenvalue weighted by Crippen LogP contribution is 2.23. The molecule has 0 saturated heterocycles. The second-order valence-corrected chi connectivity index (χ2v) is 2.97. The van der Waals surface area contributed by atoms with Crippen molar-refractivity contribution in [3.05, 3.63) is 16.1 Å². The van der Waals surface area contributed by atoms with Crippen molar-refractivity contribution in [2.24, 2.45) is 0 Å². The van der Waals surface area contributed by atoms with Crippen LogP contribution in [0.3, 0.4) is 0 Å². The van der Waals surface area contributed by atoms with Gasteiger partial charge in [0.2, 0.25) is 0 Å². The normalized spacial score (nSPS) is 12.0. The molecule has 11 heavy (non-hydrogen) atoms. The van der Waals surface area contributed by atoms with Crippen molar-refractivity contribution in [2.75, 3.05) is 0 Å². The number of aryl methyl sites for hydroxylation is 1. The Labute approximate surface area is 67.8 Å². The second-order valence-electron chi connectivity index (χ2n) is 2.12. The van der Waals surface area contributed by atoms with E-state index in [-0.39, 0.29) is 4.88 Å². The maximum absolute atomic E-state index is 8.77. The zero-order valence-electron chi connectivity index (χ0n) is 5.98. The van der Waals surface area contributed by atoms with E-state index in [1.165, 1.54) is 5.51 Å². The lowest BCUT2D eigenvalue weighted by atomic mass is 10.3. The van der Waals surface area contributed by atoms with E-state index >= 15 is 0 Å². The molecule has 0 unspecified atom stereocenters. The van der Waals surface area contributed by atoms with Gasteiger partial charge in [-0.1, -0.05) is 6.92 Å². The highest BCUT2D eigenvalue weighted by Gasteiger charge is 2.27. The van der Waals surface area contributed by atoms with Crippen LogP contribution in [-0.4, -0.2) is 20.3 Å². The molecule has 0 aliphatic heterocycles. The predicted molar refractivity (Wildman–Crippen MR) is 39.8 cm³/mol. The summed E-state index contributed by atoms with van der Waals surface area (Å²) in [6.45, 7) is 1.82. The molecular formula is C6H9NO3S. The fraction of sp³-hybridized carbons (Fsp3) is 0.500. The first-order valence-electron chi connectivity index (χ1n) is 3.15. The summed E-state index contributed by atoms with van der Waals surface area (Å²) in [4.78, 5) is 3.94. The van der Waals surface area contributed by atoms with Gasteiger partial charge in [0.1, 0.15) is 4.88 Å². The molecule has 1 heterocycles. The summed E-state index contributed by atoms with van der Waals surface area (Å²) < 4.78 is 0.